The van der Waals surface area contributed by atoms with E-state index in [0.717, 1.165) is 24.5 Å². The molecule has 1 aromatic rings. The lowest BCUT2D eigenvalue weighted by atomic mass is 10.1. The van der Waals surface area contributed by atoms with E-state index in [1.54, 1.807) is 0 Å². The predicted octanol–water partition coefficient (Wildman–Crippen LogP) is 4.07. The summed E-state index contributed by atoms with van der Waals surface area (Å²) >= 11 is 0. The van der Waals surface area contributed by atoms with E-state index in [2.05, 4.69) is 38.2 Å². The zero-order valence-corrected chi connectivity index (χ0v) is 10.9. The first-order valence-corrected chi connectivity index (χ1v) is 6.63. The van der Waals surface area contributed by atoms with Crippen LogP contribution in [-0.4, -0.2) is 6.54 Å². The molecule has 0 aliphatic rings. The van der Waals surface area contributed by atoms with Gasteiger partial charge in [-0.1, -0.05) is 33.6 Å². The van der Waals surface area contributed by atoms with E-state index < -0.39 is 0 Å². The quantitative estimate of drug-likeness (QED) is 0.718. The lowest BCUT2D eigenvalue weighted by Gasteiger charge is -2.15. The summed E-state index contributed by atoms with van der Waals surface area (Å²) in [5.41, 5.74) is 0. The van der Waals surface area contributed by atoms with Gasteiger partial charge < -0.3 is 9.73 Å². The molecular formula is C14H25NO. The first-order valence-electron chi connectivity index (χ1n) is 6.63. The van der Waals surface area contributed by atoms with Crippen molar-refractivity contribution in [3.05, 3.63) is 23.7 Å². The maximum Gasteiger partial charge on any atom is 0.121 e. The Morgan fingerprint density at radius 1 is 1.19 bits per heavy atom. The summed E-state index contributed by atoms with van der Waals surface area (Å²) in [6.07, 6.45) is 5.82. The molecule has 0 aromatic carbocycles. The van der Waals surface area contributed by atoms with Gasteiger partial charge in [-0.2, -0.15) is 0 Å². The van der Waals surface area contributed by atoms with Crippen molar-refractivity contribution in [1.29, 1.82) is 0 Å². The summed E-state index contributed by atoms with van der Waals surface area (Å²) in [5, 5.41) is 3.56. The molecular weight excluding hydrogens is 198 g/mol. The van der Waals surface area contributed by atoms with E-state index in [4.69, 9.17) is 4.42 Å². The van der Waals surface area contributed by atoms with Gasteiger partial charge in [0.15, 0.2) is 0 Å². The minimum Gasteiger partial charge on any atom is -0.464 e. The largest absolute Gasteiger partial charge is 0.464 e. The third-order valence-electron chi connectivity index (χ3n) is 2.86. The monoisotopic (exact) mass is 223 g/mol. The van der Waals surface area contributed by atoms with Crippen molar-refractivity contribution in [2.45, 2.75) is 58.9 Å². The highest BCUT2D eigenvalue weighted by atomic mass is 16.3. The van der Waals surface area contributed by atoms with Gasteiger partial charge in [0, 0.05) is 6.42 Å². The number of hydrogen-bond acceptors (Lipinski definition) is 2. The van der Waals surface area contributed by atoms with Crippen LogP contribution < -0.4 is 5.32 Å². The molecule has 0 amide bonds. The van der Waals surface area contributed by atoms with Crippen molar-refractivity contribution in [1.82, 2.24) is 5.32 Å². The maximum atomic E-state index is 5.83. The molecule has 2 nitrogen and oxygen atoms in total. The van der Waals surface area contributed by atoms with Crippen molar-refractivity contribution in [3.63, 3.8) is 0 Å². The van der Waals surface area contributed by atoms with Crippen LogP contribution in [0, 0.1) is 0 Å². The lowest BCUT2D eigenvalue weighted by Crippen LogP contribution is -2.21. The Morgan fingerprint density at radius 3 is 2.56 bits per heavy atom. The maximum absolute atomic E-state index is 5.83. The molecule has 0 bridgehead atoms. The summed E-state index contributed by atoms with van der Waals surface area (Å²) in [5.74, 6) is 2.20. The van der Waals surface area contributed by atoms with Crippen LogP contribution in [0.25, 0.3) is 0 Å². The number of aryl methyl sites for hydroxylation is 1. The lowest BCUT2D eigenvalue weighted by molar-refractivity contribution is 0.374. The molecule has 0 fully saturated rings. The second-order valence-electron chi connectivity index (χ2n) is 4.31. The highest BCUT2D eigenvalue weighted by Gasteiger charge is 2.13. The molecule has 16 heavy (non-hydrogen) atoms. The van der Waals surface area contributed by atoms with Crippen LogP contribution in [-0.2, 0) is 6.42 Å². The van der Waals surface area contributed by atoms with Crippen LogP contribution >= 0.6 is 0 Å². The number of nitrogens with one attached hydrogen (secondary N) is 1. The fourth-order valence-corrected chi connectivity index (χ4v) is 1.84. The first kappa shape index (κ1) is 13.3. The Kier molecular flexibility index (Phi) is 6.24. The Balaban J connectivity index is 2.58. The molecule has 0 aliphatic heterocycles. The summed E-state index contributed by atoms with van der Waals surface area (Å²) in [6.45, 7) is 7.62. The van der Waals surface area contributed by atoms with Crippen LogP contribution in [0.15, 0.2) is 16.5 Å². The van der Waals surface area contributed by atoms with Crippen molar-refractivity contribution in [2.75, 3.05) is 6.54 Å². The van der Waals surface area contributed by atoms with Gasteiger partial charge in [-0.25, -0.2) is 0 Å². The minimum atomic E-state index is 0.403. The molecule has 0 saturated heterocycles. The molecule has 0 saturated carbocycles. The summed E-state index contributed by atoms with van der Waals surface area (Å²) in [7, 11) is 0. The molecule has 1 aromatic heterocycles. The average molecular weight is 223 g/mol. The highest BCUT2D eigenvalue weighted by Crippen LogP contribution is 2.22. The summed E-state index contributed by atoms with van der Waals surface area (Å²) in [6, 6.07) is 4.63. The van der Waals surface area contributed by atoms with Gasteiger partial charge in [0.2, 0.25) is 0 Å². The fourth-order valence-electron chi connectivity index (χ4n) is 1.84. The van der Waals surface area contributed by atoms with E-state index in [1.807, 2.05) is 0 Å². The van der Waals surface area contributed by atoms with Crippen molar-refractivity contribution in [2.24, 2.45) is 0 Å². The van der Waals surface area contributed by atoms with Gasteiger partial charge in [0.1, 0.15) is 11.5 Å². The van der Waals surface area contributed by atoms with Crippen molar-refractivity contribution >= 4 is 0 Å². The molecule has 0 radical (unpaired) electrons. The number of furan rings is 1. The first-order chi connectivity index (χ1) is 7.81. The molecule has 0 aliphatic carbocycles. The van der Waals surface area contributed by atoms with E-state index in [9.17, 15) is 0 Å². The standard InChI is InChI=1S/C14H25NO/c1-4-7-8-13(15-11-5-2)14-10-9-12(6-3)16-14/h9-10,13,15H,4-8,11H2,1-3H3. The van der Waals surface area contributed by atoms with Crippen LogP contribution in [0.1, 0.15) is 64.0 Å². The number of unbranched alkanes of at least 4 members (excludes halogenated alkanes) is 1. The Bertz CT molecular complexity index is 272. The zero-order chi connectivity index (χ0) is 11.8. The third kappa shape index (κ3) is 4.01. The van der Waals surface area contributed by atoms with Gasteiger partial charge in [0.25, 0.3) is 0 Å². The van der Waals surface area contributed by atoms with Gasteiger partial charge in [0.05, 0.1) is 6.04 Å². The SMILES string of the molecule is CCCCC(NCCC)c1ccc(CC)o1. The second kappa shape index (κ2) is 7.50. The molecule has 1 atom stereocenters. The van der Waals surface area contributed by atoms with E-state index in [1.165, 1.54) is 25.7 Å². The third-order valence-corrected chi connectivity index (χ3v) is 2.86. The molecule has 0 spiro atoms. The van der Waals surface area contributed by atoms with Gasteiger partial charge in [-0.15, -0.1) is 0 Å². The molecule has 2 heteroatoms. The van der Waals surface area contributed by atoms with Crippen molar-refractivity contribution in [3.8, 4) is 0 Å². The molecule has 1 N–H and O–H groups in total. The summed E-state index contributed by atoms with van der Waals surface area (Å²) in [4.78, 5) is 0. The molecule has 1 rings (SSSR count). The minimum absolute atomic E-state index is 0.403. The molecule has 92 valence electrons. The highest BCUT2D eigenvalue weighted by molar-refractivity contribution is 5.10. The normalized spacial score (nSPS) is 12.9. The number of rotatable bonds is 8. The van der Waals surface area contributed by atoms with E-state index in [0.29, 0.717) is 6.04 Å². The van der Waals surface area contributed by atoms with E-state index >= 15 is 0 Å². The number of hydrogen-bond donors (Lipinski definition) is 1. The molecule has 1 unspecified atom stereocenters. The van der Waals surface area contributed by atoms with Gasteiger partial charge in [-0.05, 0) is 31.5 Å². The Hall–Kier alpha value is -0.760. The van der Waals surface area contributed by atoms with Crippen LogP contribution in [0.3, 0.4) is 0 Å². The predicted molar refractivity (Wildman–Crippen MR) is 68.6 cm³/mol. The van der Waals surface area contributed by atoms with Crippen LogP contribution in [0.4, 0.5) is 0 Å². The van der Waals surface area contributed by atoms with Crippen molar-refractivity contribution < 1.29 is 4.42 Å². The van der Waals surface area contributed by atoms with Crippen LogP contribution in [0.2, 0.25) is 0 Å². The molecule has 1 heterocycles. The summed E-state index contributed by atoms with van der Waals surface area (Å²) < 4.78 is 5.83. The van der Waals surface area contributed by atoms with Gasteiger partial charge >= 0.3 is 0 Å². The van der Waals surface area contributed by atoms with E-state index in [-0.39, 0.29) is 0 Å². The topological polar surface area (TPSA) is 25.2 Å². The Labute approximate surface area is 99.4 Å². The fraction of sp³-hybridized carbons (Fsp3) is 0.714. The smallest absolute Gasteiger partial charge is 0.121 e. The average Bonchev–Trinajstić information content (AvgIpc) is 2.78. The van der Waals surface area contributed by atoms with Crippen LogP contribution in [0.5, 0.6) is 0 Å². The van der Waals surface area contributed by atoms with Gasteiger partial charge in [-0.3, -0.25) is 0 Å². The second-order valence-corrected chi connectivity index (χ2v) is 4.31. The zero-order valence-electron chi connectivity index (χ0n) is 10.9. The Morgan fingerprint density at radius 2 is 2.00 bits per heavy atom.